The van der Waals surface area contributed by atoms with Crippen molar-refractivity contribution in [2.75, 3.05) is 0 Å². The molecule has 0 atom stereocenters. The number of hydrogen-bond donors (Lipinski definition) is 0. The summed E-state index contributed by atoms with van der Waals surface area (Å²) < 4.78 is 0. The van der Waals surface area contributed by atoms with Gasteiger partial charge in [-0.3, -0.25) is 0 Å². The van der Waals surface area contributed by atoms with Gasteiger partial charge in [-0.15, -0.1) is 0 Å². The van der Waals surface area contributed by atoms with Crippen LogP contribution in [0, 0.1) is 11.8 Å². The van der Waals surface area contributed by atoms with Crippen molar-refractivity contribution >= 4 is 0 Å². The van der Waals surface area contributed by atoms with Gasteiger partial charge in [-0.2, -0.15) is 0 Å². The zero-order valence-electron chi connectivity index (χ0n) is 10.8. The van der Waals surface area contributed by atoms with Gasteiger partial charge in [0.15, 0.2) is 0 Å². The van der Waals surface area contributed by atoms with Gasteiger partial charge in [-0.05, 0) is 48.6 Å². The van der Waals surface area contributed by atoms with Gasteiger partial charge in [-0.1, -0.05) is 60.7 Å². The lowest BCUT2D eigenvalue weighted by Gasteiger charge is -2.16. The average molecular weight is 236 g/mol. The van der Waals surface area contributed by atoms with Gasteiger partial charge in [0.2, 0.25) is 0 Å². The summed E-state index contributed by atoms with van der Waals surface area (Å²) in [6, 6.07) is 21.9. The van der Waals surface area contributed by atoms with Crippen molar-refractivity contribution in [2.45, 2.75) is 25.7 Å². The van der Waals surface area contributed by atoms with Crippen LogP contribution in [0.5, 0.6) is 0 Å². The van der Waals surface area contributed by atoms with Crippen molar-refractivity contribution in [2.24, 2.45) is 11.8 Å². The Labute approximate surface area is 110 Å². The highest BCUT2D eigenvalue weighted by Crippen LogP contribution is 2.40. The third-order valence-corrected chi connectivity index (χ3v) is 3.97. The van der Waals surface area contributed by atoms with Gasteiger partial charge >= 0.3 is 0 Å². The fourth-order valence-electron chi connectivity index (χ4n) is 2.81. The molecule has 0 amide bonds. The number of rotatable bonds is 5. The molecular weight excluding hydrogens is 216 g/mol. The van der Waals surface area contributed by atoms with Crippen molar-refractivity contribution in [1.82, 2.24) is 0 Å². The molecule has 0 N–H and O–H groups in total. The summed E-state index contributed by atoms with van der Waals surface area (Å²) in [5.41, 5.74) is 2.98. The van der Waals surface area contributed by atoms with Crippen molar-refractivity contribution in [3.8, 4) is 0 Å². The molecule has 3 rings (SSSR count). The number of hydrogen-bond acceptors (Lipinski definition) is 0. The van der Waals surface area contributed by atoms with E-state index < -0.39 is 0 Å². The SMILES string of the molecule is c1ccc(CC(Cc2ccccc2)C2CC2)cc1. The van der Waals surface area contributed by atoms with Crippen molar-refractivity contribution in [1.29, 1.82) is 0 Å². The maximum Gasteiger partial charge on any atom is -0.0245 e. The largest absolute Gasteiger partial charge is 0.0622 e. The van der Waals surface area contributed by atoms with Crippen LogP contribution in [0.2, 0.25) is 0 Å². The van der Waals surface area contributed by atoms with Gasteiger partial charge in [0.1, 0.15) is 0 Å². The molecule has 18 heavy (non-hydrogen) atoms. The second-order valence-electron chi connectivity index (χ2n) is 5.48. The summed E-state index contributed by atoms with van der Waals surface area (Å²) >= 11 is 0. The first-order chi connectivity index (χ1) is 8.92. The van der Waals surface area contributed by atoms with E-state index in [0.29, 0.717) is 0 Å². The van der Waals surface area contributed by atoms with E-state index in [0.717, 1.165) is 11.8 Å². The standard InChI is InChI=1S/C18H20/c1-3-7-15(8-4-1)13-18(17-11-12-17)14-16-9-5-2-6-10-16/h1-10,17-18H,11-14H2. The molecule has 92 valence electrons. The summed E-state index contributed by atoms with van der Waals surface area (Å²) in [5.74, 6) is 1.79. The highest BCUT2D eigenvalue weighted by Gasteiger charge is 2.30. The molecule has 0 heteroatoms. The van der Waals surface area contributed by atoms with E-state index in [1.807, 2.05) is 0 Å². The third-order valence-electron chi connectivity index (χ3n) is 3.97. The van der Waals surface area contributed by atoms with E-state index in [-0.39, 0.29) is 0 Å². The maximum absolute atomic E-state index is 2.26. The molecule has 0 spiro atoms. The second kappa shape index (κ2) is 5.39. The van der Waals surface area contributed by atoms with Gasteiger partial charge in [-0.25, -0.2) is 0 Å². The molecule has 0 heterocycles. The minimum Gasteiger partial charge on any atom is -0.0622 e. The Bertz CT molecular complexity index is 426. The summed E-state index contributed by atoms with van der Waals surface area (Å²) in [6.45, 7) is 0. The van der Waals surface area contributed by atoms with E-state index in [9.17, 15) is 0 Å². The van der Waals surface area contributed by atoms with E-state index >= 15 is 0 Å². The summed E-state index contributed by atoms with van der Waals surface area (Å²) in [7, 11) is 0. The summed E-state index contributed by atoms with van der Waals surface area (Å²) in [5, 5.41) is 0. The lowest BCUT2D eigenvalue weighted by molar-refractivity contribution is 0.457. The minimum atomic E-state index is 0.829. The average Bonchev–Trinajstić information content (AvgIpc) is 3.25. The molecule has 1 aliphatic carbocycles. The molecule has 0 unspecified atom stereocenters. The van der Waals surface area contributed by atoms with Gasteiger partial charge in [0.25, 0.3) is 0 Å². The Morgan fingerprint density at radius 2 is 1.17 bits per heavy atom. The Morgan fingerprint density at radius 3 is 1.56 bits per heavy atom. The van der Waals surface area contributed by atoms with Gasteiger partial charge in [0, 0.05) is 0 Å². The smallest absolute Gasteiger partial charge is 0.0245 e. The van der Waals surface area contributed by atoms with Crippen LogP contribution >= 0.6 is 0 Å². The minimum absolute atomic E-state index is 0.829. The molecule has 0 saturated heterocycles. The van der Waals surface area contributed by atoms with Crippen LogP contribution in [0.3, 0.4) is 0 Å². The second-order valence-corrected chi connectivity index (χ2v) is 5.48. The van der Waals surface area contributed by atoms with Crippen LogP contribution in [0.15, 0.2) is 60.7 Å². The normalized spacial score (nSPS) is 14.9. The molecule has 1 aliphatic rings. The maximum atomic E-state index is 2.26. The highest BCUT2D eigenvalue weighted by molar-refractivity contribution is 5.19. The monoisotopic (exact) mass is 236 g/mol. The Kier molecular flexibility index (Phi) is 3.45. The van der Waals surface area contributed by atoms with Crippen LogP contribution in [0.1, 0.15) is 24.0 Å². The molecule has 0 aromatic heterocycles. The molecular formula is C18H20. The van der Waals surface area contributed by atoms with Crippen molar-refractivity contribution in [3.05, 3.63) is 71.8 Å². The van der Waals surface area contributed by atoms with Crippen LogP contribution in [-0.2, 0) is 12.8 Å². The predicted octanol–water partition coefficient (Wildman–Crippen LogP) is 4.50. The predicted molar refractivity (Wildman–Crippen MR) is 76.5 cm³/mol. The molecule has 1 saturated carbocycles. The summed E-state index contributed by atoms with van der Waals surface area (Å²) in [4.78, 5) is 0. The van der Waals surface area contributed by atoms with E-state index in [1.165, 1.54) is 36.8 Å². The Balaban J connectivity index is 1.69. The van der Waals surface area contributed by atoms with Crippen molar-refractivity contribution < 1.29 is 0 Å². The first-order valence-electron chi connectivity index (χ1n) is 6.99. The molecule has 0 bridgehead atoms. The van der Waals surface area contributed by atoms with Crippen LogP contribution in [0.4, 0.5) is 0 Å². The zero-order valence-corrected chi connectivity index (χ0v) is 10.8. The van der Waals surface area contributed by atoms with Crippen LogP contribution in [-0.4, -0.2) is 0 Å². The lowest BCUT2D eigenvalue weighted by Crippen LogP contribution is -2.10. The van der Waals surface area contributed by atoms with E-state index in [2.05, 4.69) is 60.7 Å². The van der Waals surface area contributed by atoms with Crippen molar-refractivity contribution in [3.63, 3.8) is 0 Å². The molecule has 2 aromatic carbocycles. The van der Waals surface area contributed by atoms with E-state index in [1.54, 1.807) is 0 Å². The summed E-state index contributed by atoms with van der Waals surface area (Å²) in [6.07, 6.45) is 5.34. The molecule has 0 aliphatic heterocycles. The van der Waals surface area contributed by atoms with Gasteiger partial charge < -0.3 is 0 Å². The fraction of sp³-hybridized carbons (Fsp3) is 0.333. The Hall–Kier alpha value is -1.56. The third kappa shape index (κ3) is 3.01. The molecule has 2 aromatic rings. The van der Waals surface area contributed by atoms with E-state index in [4.69, 9.17) is 0 Å². The van der Waals surface area contributed by atoms with Crippen LogP contribution < -0.4 is 0 Å². The van der Waals surface area contributed by atoms with Crippen LogP contribution in [0.25, 0.3) is 0 Å². The topological polar surface area (TPSA) is 0 Å². The molecule has 1 fully saturated rings. The lowest BCUT2D eigenvalue weighted by atomic mass is 9.89. The highest BCUT2D eigenvalue weighted by atomic mass is 14.4. The number of benzene rings is 2. The fourth-order valence-corrected chi connectivity index (χ4v) is 2.81. The molecule has 0 nitrogen and oxygen atoms in total. The quantitative estimate of drug-likeness (QED) is 0.717. The zero-order chi connectivity index (χ0) is 12.2. The first kappa shape index (κ1) is 11.5. The Morgan fingerprint density at radius 1 is 0.722 bits per heavy atom. The van der Waals surface area contributed by atoms with Gasteiger partial charge in [0.05, 0.1) is 0 Å². The molecule has 0 radical (unpaired) electrons. The first-order valence-corrected chi connectivity index (χ1v) is 6.99.